The molecule has 0 saturated carbocycles. The van der Waals surface area contributed by atoms with Gasteiger partial charge in [-0.05, 0) is 12.8 Å². The van der Waals surface area contributed by atoms with Crippen LogP contribution in [0.25, 0.3) is 0 Å². The molecular weight excluding hydrogens is 176 g/mol. The molecule has 0 amide bonds. The van der Waals surface area contributed by atoms with Crippen LogP contribution in [-0.4, -0.2) is 23.9 Å². The van der Waals surface area contributed by atoms with Crippen molar-refractivity contribution in [1.29, 1.82) is 0 Å². The van der Waals surface area contributed by atoms with Crippen LogP contribution in [0.15, 0.2) is 24.8 Å². The standard InChI is InChI=1S/C12H16O2/c1-2-6-11-8-5-9-12(14-11)7-3-4-10-13/h2,5,8,11-13H,1,6-7,9-10H2/t11-,12-/m1/s1. The average molecular weight is 192 g/mol. The molecule has 2 heteroatoms. The van der Waals surface area contributed by atoms with Gasteiger partial charge in [0.15, 0.2) is 0 Å². The van der Waals surface area contributed by atoms with Gasteiger partial charge >= 0.3 is 0 Å². The molecule has 0 aromatic rings. The number of aliphatic hydroxyl groups is 1. The maximum Gasteiger partial charge on any atom is 0.104 e. The second-order valence-corrected chi connectivity index (χ2v) is 3.20. The van der Waals surface area contributed by atoms with Gasteiger partial charge < -0.3 is 9.84 Å². The van der Waals surface area contributed by atoms with Crippen molar-refractivity contribution in [1.82, 2.24) is 0 Å². The molecule has 0 spiro atoms. The summed E-state index contributed by atoms with van der Waals surface area (Å²) in [4.78, 5) is 0. The van der Waals surface area contributed by atoms with Crippen molar-refractivity contribution >= 4 is 0 Å². The molecule has 2 nitrogen and oxygen atoms in total. The fraction of sp³-hybridized carbons (Fsp3) is 0.500. The minimum absolute atomic E-state index is 0.0708. The Morgan fingerprint density at radius 2 is 2.43 bits per heavy atom. The number of hydrogen-bond donors (Lipinski definition) is 1. The van der Waals surface area contributed by atoms with Gasteiger partial charge in [0, 0.05) is 6.42 Å². The second-order valence-electron chi connectivity index (χ2n) is 3.20. The molecule has 1 heterocycles. The molecule has 0 fully saturated rings. The third kappa shape index (κ3) is 3.78. The lowest BCUT2D eigenvalue weighted by Gasteiger charge is -2.23. The summed E-state index contributed by atoms with van der Waals surface area (Å²) in [7, 11) is 0. The summed E-state index contributed by atoms with van der Waals surface area (Å²) in [5, 5.41) is 8.49. The van der Waals surface area contributed by atoms with Gasteiger partial charge in [-0.25, -0.2) is 0 Å². The van der Waals surface area contributed by atoms with Crippen LogP contribution in [-0.2, 0) is 4.74 Å². The largest absolute Gasteiger partial charge is 0.384 e. The number of ether oxygens (including phenoxy) is 1. The Labute approximate surface area is 85.3 Å². The maximum atomic E-state index is 8.49. The first-order valence-corrected chi connectivity index (χ1v) is 4.86. The summed E-state index contributed by atoms with van der Waals surface area (Å²) in [5.74, 6) is 5.51. The molecule has 0 radical (unpaired) electrons. The van der Waals surface area contributed by atoms with E-state index in [1.165, 1.54) is 0 Å². The van der Waals surface area contributed by atoms with E-state index < -0.39 is 0 Å². The van der Waals surface area contributed by atoms with E-state index in [-0.39, 0.29) is 18.8 Å². The molecule has 1 aliphatic heterocycles. The molecular formula is C12H16O2. The fourth-order valence-electron chi connectivity index (χ4n) is 1.40. The van der Waals surface area contributed by atoms with Gasteiger partial charge in [0.2, 0.25) is 0 Å². The zero-order chi connectivity index (χ0) is 10.2. The van der Waals surface area contributed by atoms with Crippen molar-refractivity contribution in [2.24, 2.45) is 0 Å². The molecule has 1 rings (SSSR count). The van der Waals surface area contributed by atoms with E-state index in [0.29, 0.717) is 6.42 Å². The third-order valence-corrected chi connectivity index (χ3v) is 2.05. The van der Waals surface area contributed by atoms with Crippen LogP contribution in [0.4, 0.5) is 0 Å². The minimum Gasteiger partial charge on any atom is -0.384 e. The summed E-state index contributed by atoms with van der Waals surface area (Å²) >= 11 is 0. The van der Waals surface area contributed by atoms with Gasteiger partial charge in [0.25, 0.3) is 0 Å². The van der Waals surface area contributed by atoms with Crippen LogP contribution < -0.4 is 0 Å². The molecule has 14 heavy (non-hydrogen) atoms. The van der Waals surface area contributed by atoms with Gasteiger partial charge in [-0.1, -0.05) is 30.1 Å². The van der Waals surface area contributed by atoms with Gasteiger partial charge in [-0.2, -0.15) is 0 Å². The summed E-state index contributed by atoms with van der Waals surface area (Å²) < 4.78 is 5.73. The minimum atomic E-state index is -0.0708. The van der Waals surface area contributed by atoms with Crippen molar-refractivity contribution in [3.05, 3.63) is 24.8 Å². The summed E-state index contributed by atoms with van der Waals surface area (Å²) in [6, 6.07) is 0. The Morgan fingerprint density at radius 1 is 1.57 bits per heavy atom. The Balaban J connectivity index is 2.35. The Morgan fingerprint density at radius 3 is 3.14 bits per heavy atom. The Bertz CT molecular complexity index is 257. The highest BCUT2D eigenvalue weighted by Gasteiger charge is 2.15. The van der Waals surface area contributed by atoms with Crippen molar-refractivity contribution in [2.45, 2.75) is 31.5 Å². The monoisotopic (exact) mass is 192 g/mol. The molecule has 0 bridgehead atoms. The van der Waals surface area contributed by atoms with E-state index in [1.54, 1.807) is 0 Å². The Hall–Kier alpha value is -1.04. The van der Waals surface area contributed by atoms with E-state index in [0.717, 1.165) is 12.8 Å². The van der Waals surface area contributed by atoms with Gasteiger partial charge in [-0.15, -0.1) is 6.58 Å². The van der Waals surface area contributed by atoms with Crippen molar-refractivity contribution in [3.63, 3.8) is 0 Å². The van der Waals surface area contributed by atoms with Crippen LogP contribution in [0.2, 0.25) is 0 Å². The SMILES string of the molecule is C=CC[C@@H]1C=CC[C@@H](CC#CCO)O1. The first-order chi connectivity index (χ1) is 6.86. The number of rotatable bonds is 3. The van der Waals surface area contributed by atoms with Crippen LogP contribution in [0, 0.1) is 11.8 Å². The van der Waals surface area contributed by atoms with Crippen LogP contribution >= 0.6 is 0 Å². The van der Waals surface area contributed by atoms with Gasteiger partial charge in [-0.3, -0.25) is 0 Å². The molecule has 1 N–H and O–H groups in total. The second kappa shape index (κ2) is 6.42. The van der Waals surface area contributed by atoms with Gasteiger partial charge in [0.1, 0.15) is 6.61 Å². The molecule has 0 saturated heterocycles. The van der Waals surface area contributed by atoms with E-state index in [2.05, 4.69) is 30.6 Å². The topological polar surface area (TPSA) is 29.5 Å². The highest BCUT2D eigenvalue weighted by atomic mass is 16.5. The number of aliphatic hydroxyl groups excluding tert-OH is 1. The predicted octanol–water partition coefficient (Wildman–Crippen LogP) is 1.66. The molecule has 2 atom stereocenters. The third-order valence-electron chi connectivity index (χ3n) is 2.05. The Kier molecular flexibility index (Phi) is 5.06. The van der Waals surface area contributed by atoms with Crippen molar-refractivity contribution < 1.29 is 9.84 Å². The number of hydrogen-bond acceptors (Lipinski definition) is 2. The predicted molar refractivity (Wildman–Crippen MR) is 56.7 cm³/mol. The highest BCUT2D eigenvalue weighted by Crippen LogP contribution is 2.17. The summed E-state index contributed by atoms with van der Waals surface area (Å²) in [6.45, 7) is 3.61. The van der Waals surface area contributed by atoms with Crippen LogP contribution in [0.1, 0.15) is 19.3 Å². The van der Waals surface area contributed by atoms with Crippen molar-refractivity contribution in [2.75, 3.05) is 6.61 Å². The zero-order valence-corrected chi connectivity index (χ0v) is 8.28. The molecule has 0 aromatic heterocycles. The lowest BCUT2D eigenvalue weighted by atomic mass is 10.1. The summed E-state index contributed by atoms with van der Waals surface area (Å²) in [5.41, 5.74) is 0. The lowest BCUT2D eigenvalue weighted by Crippen LogP contribution is -2.23. The van der Waals surface area contributed by atoms with Gasteiger partial charge in [0.05, 0.1) is 12.2 Å². The molecule has 0 aliphatic carbocycles. The maximum absolute atomic E-state index is 8.49. The lowest BCUT2D eigenvalue weighted by molar-refractivity contribution is 0.0113. The molecule has 76 valence electrons. The van der Waals surface area contributed by atoms with E-state index in [4.69, 9.17) is 9.84 Å². The van der Waals surface area contributed by atoms with Crippen LogP contribution in [0.3, 0.4) is 0 Å². The van der Waals surface area contributed by atoms with E-state index in [9.17, 15) is 0 Å². The highest BCUT2D eigenvalue weighted by molar-refractivity contribution is 5.04. The van der Waals surface area contributed by atoms with E-state index in [1.807, 2.05) is 6.08 Å². The fourth-order valence-corrected chi connectivity index (χ4v) is 1.40. The van der Waals surface area contributed by atoms with E-state index >= 15 is 0 Å². The van der Waals surface area contributed by atoms with Crippen LogP contribution in [0.5, 0.6) is 0 Å². The molecule has 0 aromatic carbocycles. The smallest absolute Gasteiger partial charge is 0.104 e. The first-order valence-electron chi connectivity index (χ1n) is 4.86. The average Bonchev–Trinajstić information content (AvgIpc) is 2.19. The first kappa shape index (κ1) is 11.0. The zero-order valence-electron chi connectivity index (χ0n) is 8.28. The molecule has 1 aliphatic rings. The van der Waals surface area contributed by atoms with Crippen molar-refractivity contribution in [3.8, 4) is 11.8 Å². The quantitative estimate of drug-likeness (QED) is 0.544. The normalized spacial score (nSPS) is 25.2. The molecule has 0 unspecified atom stereocenters. The summed E-state index contributed by atoms with van der Waals surface area (Å²) in [6.07, 6.45) is 8.83.